The number of pyridine rings is 1. The Morgan fingerprint density at radius 1 is 1.15 bits per heavy atom. The van der Waals surface area contributed by atoms with E-state index in [2.05, 4.69) is 15.3 Å². The Labute approximate surface area is 159 Å². The molecule has 4 rings (SSSR count). The molecule has 2 heterocycles. The predicted octanol–water partition coefficient (Wildman–Crippen LogP) is 4.99. The fourth-order valence-electron chi connectivity index (χ4n) is 2.81. The molecule has 0 aliphatic rings. The number of aromatic nitrogens is 2. The Hall–Kier alpha value is -3.12. The number of hydrogen-bond donors (Lipinski definition) is 1. The zero-order valence-electron chi connectivity index (χ0n) is 14.6. The molecule has 0 unspecified atom stereocenters. The van der Waals surface area contributed by atoms with E-state index in [1.807, 2.05) is 37.3 Å². The Bertz CT molecular complexity index is 1090. The number of nitrogens with zero attached hydrogens (tertiary/aromatic N) is 2. The highest BCUT2D eigenvalue weighted by atomic mass is 32.1. The van der Waals surface area contributed by atoms with Gasteiger partial charge in [-0.3, -0.25) is 4.79 Å². The highest BCUT2D eigenvalue weighted by Gasteiger charge is 2.10. The van der Waals surface area contributed by atoms with Gasteiger partial charge in [0, 0.05) is 17.4 Å². The molecule has 0 spiro atoms. The second-order valence-corrected chi connectivity index (χ2v) is 7.21. The number of anilines is 1. The van der Waals surface area contributed by atoms with Gasteiger partial charge in [0.05, 0.1) is 6.42 Å². The van der Waals surface area contributed by atoms with Crippen LogP contribution in [-0.4, -0.2) is 15.9 Å². The van der Waals surface area contributed by atoms with E-state index in [9.17, 15) is 9.18 Å². The van der Waals surface area contributed by atoms with Crippen LogP contribution in [0.2, 0.25) is 0 Å². The van der Waals surface area contributed by atoms with Crippen molar-refractivity contribution in [2.24, 2.45) is 0 Å². The summed E-state index contributed by atoms with van der Waals surface area (Å²) in [7, 11) is 0. The van der Waals surface area contributed by atoms with E-state index in [4.69, 9.17) is 0 Å². The Kier molecular flexibility index (Phi) is 4.64. The summed E-state index contributed by atoms with van der Waals surface area (Å²) in [5.74, 6) is -0.447. The predicted molar refractivity (Wildman–Crippen MR) is 106 cm³/mol. The first-order chi connectivity index (χ1) is 13.1. The first-order valence-corrected chi connectivity index (χ1v) is 9.27. The van der Waals surface area contributed by atoms with Crippen molar-refractivity contribution in [3.8, 4) is 10.6 Å². The highest BCUT2D eigenvalue weighted by Crippen LogP contribution is 2.31. The number of benzene rings is 2. The molecule has 4 aromatic rings. The molecule has 2 aromatic carbocycles. The van der Waals surface area contributed by atoms with Crippen molar-refractivity contribution in [1.82, 2.24) is 9.97 Å². The maximum absolute atomic E-state index is 13.0. The van der Waals surface area contributed by atoms with Gasteiger partial charge in [0.25, 0.3) is 0 Å². The lowest BCUT2D eigenvalue weighted by molar-refractivity contribution is -0.115. The van der Waals surface area contributed by atoms with Crippen LogP contribution in [-0.2, 0) is 11.2 Å². The monoisotopic (exact) mass is 377 g/mol. The van der Waals surface area contributed by atoms with Gasteiger partial charge in [-0.2, -0.15) is 0 Å². The van der Waals surface area contributed by atoms with Gasteiger partial charge >= 0.3 is 0 Å². The minimum absolute atomic E-state index is 0.137. The molecule has 0 saturated carbocycles. The first-order valence-electron chi connectivity index (χ1n) is 8.45. The number of fused-ring (bicyclic) bond motifs is 1. The fourth-order valence-corrected chi connectivity index (χ4v) is 3.72. The quantitative estimate of drug-likeness (QED) is 0.545. The average molecular weight is 377 g/mol. The van der Waals surface area contributed by atoms with E-state index in [1.54, 1.807) is 29.7 Å². The third-order valence-electron chi connectivity index (χ3n) is 4.19. The van der Waals surface area contributed by atoms with Gasteiger partial charge in [0.15, 0.2) is 0 Å². The SMILES string of the molecule is Cc1cc(-c2nc3cccnc3s2)ccc1NC(=O)Cc1ccc(F)cc1. The molecule has 0 aliphatic carbocycles. The summed E-state index contributed by atoms with van der Waals surface area (Å²) in [4.78, 5) is 22.1. The summed E-state index contributed by atoms with van der Waals surface area (Å²) in [6.07, 6.45) is 1.96. The molecule has 134 valence electrons. The van der Waals surface area contributed by atoms with Crippen LogP contribution in [0.5, 0.6) is 0 Å². The maximum Gasteiger partial charge on any atom is 0.228 e. The summed E-state index contributed by atoms with van der Waals surface area (Å²) in [5.41, 5.74) is 4.35. The molecule has 4 nitrogen and oxygen atoms in total. The standard InChI is InChI=1S/C21H16FN3OS/c1-13-11-15(20-25-18-3-2-10-23-21(18)27-20)6-9-17(13)24-19(26)12-14-4-7-16(22)8-5-14/h2-11H,12H2,1H3,(H,24,26). The van der Waals surface area contributed by atoms with Crippen LogP contribution in [0.1, 0.15) is 11.1 Å². The molecular formula is C21H16FN3OS. The van der Waals surface area contributed by atoms with E-state index < -0.39 is 0 Å². The van der Waals surface area contributed by atoms with Crippen molar-refractivity contribution < 1.29 is 9.18 Å². The van der Waals surface area contributed by atoms with Gasteiger partial charge in [-0.1, -0.05) is 23.5 Å². The number of hydrogen-bond acceptors (Lipinski definition) is 4. The maximum atomic E-state index is 13.0. The van der Waals surface area contributed by atoms with Crippen molar-refractivity contribution >= 4 is 33.3 Å². The first kappa shape index (κ1) is 17.3. The molecule has 0 bridgehead atoms. The number of aryl methyl sites for hydroxylation is 1. The Morgan fingerprint density at radius 3 is 2.70 bits per heavy atom. The van der Waals surface area contributed by atoms with E-state index in [-0.39, 0.29) is 18.1 Å². The summed E-state index contributed by atoms with van der Waals surface area (Å²) in [6.45, 7) is 1.95. The molecule has 27 heavy (non-hydrogen) atoms. The number of amides is 1. The molecule has 2 aromatic heterocycles. The lowest BCUT2D eigenvalue weighted by Gasteiger charge is -2.10. The fraction of sp³-hybridized carbons (Fsp3) is 0.0952. The van der Waals surface area contributed by atoms with Gasteiger partial charge in [-0.15, -0.1) is 0 Å². The Balaban J connectivity index is 1.51. The smallest absolute Gasteiger partial charge is 0.228 e. The van der Waals surface area contributed by atoms with Crippen molar-refractivity contribution in [2.75, 3.05) is 5.32 Å². The number of thiazole rings is 1. The number of nitrogens with one attached hydrogen (secondary N) is 1. The van der Waals surface area contributed by atoms with Crippen molar-refractivity contribution in [3.63, 3.8) is 0 Å². The van der Waals surface area contributed by atoms with E-state index >= 15 is 0 Å². The van der Waals surface area contributed by atoms with Crippen molar-refractivity contribution in [2.45, 2.75) is 13.3 Å². The van der Waals surface area contributed by atoms with Crippen LogP contribution in [0.15, 0.2) is 60.8 Å². The third-order valence-corrected chi connectivity index (χ3v) is 5.22. The zero-order valence-corrected chi connectivity index (χ0v) is 15.4. The molecule has 6 heteroatoms. The molecule has 1 N–H and O–H groups in total. The van der Waals surface area contributed by atoms with Crippen molar-refractivity contribution in [1.29, 1.82) is 0 Å². The summed E-state index contributed by atoms with van der Waals surface area (Å²) >= 11 is 1.54. The molecule has 0 radical (unpaired) electrons. The van der Waals surface area contributed by atoms with Crippen LogP contribution in [0.3, 0.4) is 0 Å². The zero-order chi connectivity index (χ0) is 18.8. The lowest BCUT2D eigenvalue weighted by Crippen LogP contribution is -2.15. The summed E-state index contributed by atoms with van der Waals surface area (Å²) in [5, 5.41) is 3.82. The minimum atomic E-state index is -0.310. The second-order valence-electron chi connectivity index (χ2n) is 6.23. The van der Waals surface area contributed by atoms with E-state index in [0.29, 0.717) is 0 Å². The number of rotatable bonds is 4. The summed E-state index contributed by atoms with van der Waals surface area (Å²) < 4.78 is 13.0. The van der Waals surface area contributed by atoms with E-state index in [0.717, 1.165) is 37.7 Å². The van der Waals surface area contributed by atoms with Gasteiger partial charge in [0.1, 0.15) is 21.2 Å². The van der Waals surface area contributed by atoms with Gasteiger partial charge in [0.2, 0.25) is 5.91 Å². The van der Waals surface area contributed by atoms with Gasteiger partial charge in [-0.25, -0.2) is 14.4 Å². The molecule has 0 atom stereocenters. The number of carbonyl (C=O) groups excluding carboxylic acids is 1. The van der Waals surface area contributed by atoms with Gasteiger partial charge in [-0.05, 0) is 60.5 Å². The normalized spacial score (nSPS) is 10.9. The van der Waals surface area contributed by atoms with Crippen LogP contribution in [0.4, 0.5) is 10.1 Å². The molecular weight excluding hydrogens is 361 g/mol. The van der Waals surface area contributed by atoms with E-state index in [1.165, 1.54) is 12.1 Å². The molecule has 0 aliphatic heterocycles. The van der Waals surface area contributed by atoms with Crippen LogP contribution >= 0.6 is 11.3 Å². The topological polar surface area (TPSA) is 54.9 Å². The summed E-state index contributed by atoms with van der Waals surface area (Å²) in [6, 6.07) is 15.6. The lowest BCUT2D eigenvalue weighted by atomic mass is 10.1. The van der Waals surface area contributed by atoms with Crippen molar-refractivity contribution in [3.05, 3.63) is 77.7 Å². The number of carbonyl (C=O) groups is 1. The minimum Gasteiger partial charge on any atom is -0.326 e. The number of halogens is 1. The van der Waals surface area contributed by atoms with Gasteiger partial charge < -0.3 is 5.32 Å². The largest absolute Gasteiger partial charge is 0.326 e. The molecule has 0 fully saturated rings. The van der Waals surface area contributed by atoms with Crippen LogP contribution in [0, 0.1) is 12.7 Å². The Morgan fingerprint density at radius 2 is 1.96 bits per heavy atom. The second kappa shape index (κ2) is 7.25. The highest BCUT2D eigenvalue weighted by molar-refractivity contribution is 7.21. The van der Waals surface area contributed by atoms with Crippen LogP contribution in [0.25, 0.3) is 20.9 Å². The third kappa shape index (κ3) is 3.85. The van der Waals surface area contributed by atoms with Crippen LogP contribution < -0.4 is 5.32 Å². The molecule has 0 saturated heterocycles. The average Bonchev–Trinajstić information content (AvgIpc) is 3.09. The molecule has 1 amide bonds.